The zero-order valence-electron chi connectivity index (χ0n) is 12.4. The first-order valence-electron chi connectivity index (χ1n) is 7.47. The SMILES string of the molecule is COCCc1ccc(OC(=O)C2CCC(C=O)CC2)cc1. The Hall–Kier alpha value is -1.68. The molecule has 1 aliphatic rings. The largest absolute Gasteiger partial charge is 0.426 e. The van der Waals surface area contributed by atoms with E-state index >= 15 is 0 Å². The second-order valence-electron chi connectivity index (χ2n) is 5.56. The Morgan fingerprint density at radius 1 is 1.19 bits per heavy atom. The number of hydrogen-bond acceptors (Lipinski definition) is 4. The fraction of sp³-hybridized carbons (Fsp3) is 0.529. The molecule has 0 aliphatic heterocycles. The van der Waals surface area contributed by atoms with E-state index in [0.717, 1.165) is 44.0 Å². The van der Waals surface area contributed by atoms with E-state index in [1.54, 1.807) is 7.11 Å². The highest BCUT2D eigenvalue weighted by Gasteiger charge is 2.27. The van der Waals surface area contributed by atoms with Crippen molar-refractivity contribution in [2.75, 3.05) is 13.7 Å². The summed E-state index contributed by atoms with van der Waals surface area (Å²) >= 11 is 0. The molecule has 0 spiro atoms. The Bertz CT molecular complexity index is 458. The molecule has 2 rings (SSSR count). The lowest BCUT2D eigenvalue weighted by molar-refractivity contribution is -0.140. The average molecular weight is 290 g/mol. The minimum atomic E-state index is -0.177. The summed E-state index contributed by atoms with van der Waals surface area (Å²) in [5.41, 5.74) is 1.16. The van der Waals surface area contributed by atoms with Crippen molar-refractivity contribution in [3.63, 3.8) is 0 Å². The summed E-state index contributed by atoms with van der Waals surface area (Å²) < 4.78 is 10.5. The molecule has 0 saturated heterocycles. The van der Waals surface area contributed by atoms with Gasteiger partial charge >= 0.3 is 5.97 Å². The van der Waals surface area contributed by atoms with Gasteiger partial charge in [0, 0.05) is 13.0 Å². The van der Waals surface area contributed by atoms with Gasteiger partial charge in [-0.2, -0.15) is 0 Å². The normalized spacial score (nSPS) is 21.8. The van der Waals surface area contributed by atoms with Crippen LogP contribution in [0.3, 0.4) is 0 Å². The van der Waals surface area contributed by atoms with Gasteiger partial charge in [-0.1, -0.05) is 12.1 Å². The zero-order chi connectivity index (χ0) is 15.1. The van der Waals surface area contributed by atoms with Crippen molar-refractivity contribution >= 4 is 12.3 Å². The number of hydrogen-bond donors (Lipinski definition) is 0. The van der Waals surface area contributed by atoms with Crippen LogP contribution in [-0.2, 0) is 20.7 Å². The maximum absolute atomic E-state index is 12.1. The molecular weight excluding hydrogens is 268 g/mol. The number of benzene rings is 1. The molecule has 0 radical (unpaired) electrons. The van der Waals surface area contributed by atoms with E-state index in [2.05, 4.69) is 0 Å². The van der Waals surface area contributed by atoms with Gasteiger partial charge < -0.3 is 14.3 Å². The van der Waals surface area contributed by atoms with E-state index in [9.17, 15) is 9.59 Å². The van der Waals surface area contributed by atoms with Crippen LogP contribution in [-0.4, -0.2) is 26.0 Å². The fourth-order valence-corrected chi connectivity index (χ4v) is 2.63. The first kappa shape index (κ1) is 15.7. The molecule has 21 heavy (non-hydrogen) atoms. The predicted octanol–water partition coefficient (Wildman–Crippen LogP) is 2.79. The fourth-order valence-electron chi connectivity index (χ4n) is 2.63. The summed E-state index contributed by atoms with van der Waals surface area (Å²) in [4.78, 5) is 22.8. The molecule has 4 nitrogen and oxygen atoms in total. The van der Waals surface area contributed by atoms with Crippen molar-refractivity contribution in [3.05, 3.63) is 29.8 Å². The molecule has 114 valence electrons. The lowest BCUT2D eigenvalue weighted by Gasteiger charge is -2.23. The summed E-state index contributed by atoms with van der Waals surface area (Å²) in [5.74, 6) is 0.450. The summed E-state index contributed by atoms with van der Waals surface area (Å²) in [6.45, 7) is 0.680. The molecule has 1 saturated carbocycles. The van der Waals surface area contributed by atoms with Gasteiger partial charge in [-0.15, -0.1) is 0 Å². The third kappa shape index (κ3) is 4.67. The van der Waals surface area contributed by atoms with Crippen LogP contribution < -0.4 is 4.74 Å². The molecular formula is C17H22O4. The number of esters is 1. The Morgan fingerprint density at radius 3 is 2.43 bits per heavy atom. The molecule has 0 atom stereocenters. The molecule has 0 amide bonds. The van der Waals surface area contributed by atoms with Gasteiger partial charge in [0.05, 0.1) is 12.5 Å². The molecule has 0 heterocycles. The monoisotopic (exact) mass is 290 g/mol. The van der Waals surface area contributed by atoms with Crippen LogP contribution >= 0.6 is 0 Å². The Kier molecular flexibility index (Phi) is 5.93. The third-order valence-corrected chi connectivity index (χ3v) is 4.03. The van der Waals surface area contributed by atoms with Crippen LogP contribution in [0.2, 0.25) is 0 Å². The van der Waals surface area contributed by atoms with Crippen molar-refractivity contribution in [1.29, 1.82) is 0 Å². The molecule has 0 N–H and O–H groups in total. The maximum Gasteiger partial charge on any atom is 0.314 e. The summed E-state index contributed by atoms with van der Waals surface area (Å²) in [6.07, 6.45) is 4.92. The molecule has 4 heteroatoms. The Morgan fingerprint density at radius 2 is 1.86 bits per heavy atom. The number of methoxy groups -OCH3 is 1. The van der Waals surface area contributed by atoms with Gasteiger partial charge in [0.1, 0.15) is 12.0 Å². The van der Waals surface area contributed by atoms with Crippen LogP contribution in [0.25, 0.3) is 0 Å². The van der Waals surface area contributed by atoms with Crippen LogP contribution in [0.4, 0.5) is 0 Å². The minimum Gasteiger partial charge on any atom is -0.426 e. The van der Waals surface area contributed by atoms with E-state index in [1.165, 1.54) is 0 Å². The van der Waals surface area contributed by atoms with Crippen LogP contribution in [0.15, 0.2) is 24.3 Å². The number of aldehydes is 1. The topological polar surface area (TPSA) is 52.6 Å². The minimum absolute atomic E-state index is 0.0747. The van der Waals surface area contributed by atoms with E-state index < -0.39 is 0 Å². The molecule has 0 unspecified atom stereocenters. The first-order chi connectivity index (χ1) is 10.2. The lowest BCUT2D eigenvalue weighted by Crippen LogP contribution is -2.26. The van der Waals surface area contributed by atoms with E-state index in [4.69, 9.17) is 9.47 Å². The van der Waals surface area contributed by atoms with Gasteiger partial charge in [0.2, 0.25) is 0 Å². The number of rotatable bonds is 6. The summed E-state index contributed by atoms with van der Waals surface area (Å²) in [6, 6.07) is 7.54. The lowest BCUT2D eigenvalue weighted by atomic mass is 9.83. The molecule has 1 aliphatic carbocycles. The second kappa shape index (κ2) is 7.93. The molecule has 0 aromatic heterocycles. The Balaban J connectivity index is 1.83. The highest BCUT2D eigenvalue weighted by atomic mass is 16.5. The van der Waals surface area contributed by atoms with Gasteiger partial charge in [-0.3, -0.25) is 4.79 Å². The smallest absolute Gasteiger partial charge is 0.314 e. The standard InChI is InChI=1S/C17H22O4/c1-20-11-10-13-4-8-16(9-5-13)21-17(19)15-6-2-14(12-18)3-7-15/h4-5,8-9,12,14-15H,2-3,6-7,10-11H2,1H3. The van der Waals surface area contributed by atoms with Crippen molar-refractivity contribution < 1.29 is 19.1 Å². The van der Waals surface area contributed by atoms with Gasteiger partial charge in [-0.25, -0.2) is 0 Å². The van der Waals surface area contributed by atoms with Crippen LogP contribution in [0.5, 0.6) is 5.75 Å². The van der Waals surface area contributed by atoms with E-state index in [0.29, 0.717) is 12.4 Å². The maximum atomic E-state index is 12.1. The highest BCUT2D eigenvalue weighted by Crippen LogP contribution is 2.29. The van der Waals surface area contributed by atoms with Crippen molar-refractivity contribution in [1.82, 2.24) is 0 Å². The van der Waals surface area contributed by atoms with Crippen LogP contribution in [0.1, 0.15) is 31.2 Å². The molecule has 1 fully saturated rings. The number of ether oxygens (including phenoxy) is 2. The number of carbonyl (C=O) groups excluding carboxylic acids is 2. The van der Waals surface area contributed by atoms with Gasteiger partial charge in [0.15, 0.2) is 0 Å². The zero-order valence-corrected chi connectivity index (χ0v) is 12.4. The summed E-state index contributed by atoms with van der Waals surface area (Å²) in [5, 5.41) is 0. The summed E-state index contributed by atoms with van der Waals surface area (Å²) in [7, 11) is 1.68. The highest BCUT2D eigenvalue weighted by molar-refractivity contribution is 5.75. The predicted molar refractivity (Wildman–Crippen MR) is 79.2 cm³/mol. The van der Waals surface area contributed by atoms with Crippen molar-refractivity contribution in [2.24, 2.45) is 11.8 Å². The van der Waals surface area contributed by atoms with Crippen molar-refractivity contribution in [2.45, 2.75) is 32.1 Å². The molecule has 1 aromatic rings. The van der Waals surface area contributed by atoms with Crippen molar-refractivity contribution in [3.8, 4) is 5.75 Å². The average Bonchev–Trinajstić information content (AvgIpc) is 2.54. The van der Waals surface area contributed by atoms with E-state index in [1.807, 2.05) is 24.3 Å². The second-order valence-corrected chi connectivity index (χ2v) is 5.56. The number of carbonyl (C=O) groups is 2. The van der Waals surface area contributed by atoms with Gasteiger partial charge in [0.25, 0.3) is 0 Å². The van der Waals surface area contributed by atoms with Crippen LogP contribution in [0, 0.1) is 11.8 Å². The van der Waals surface area contributed by atoms with E-state index in [-0.39, 0.29) is 17.8 Å². The van der Waals surface area contributed by atoms with Gasteiger partial charge in [-0.05, 0) is 49.8 Å². The molecule has 1 aromatic carbocycles. The quantitative estimate of drug-likeness (QED) is 0.459. The third-order valence-electron chi connectivity index (χ3n) is 4.03. The first-order valence-corrected chi connectivity index (χ1v) is 7.47. The molecule has 0 bridgehead atoms. The Labute approximate surface area is 125 Å².